The number of hydrogen-bond acceptors (Lipinski definition) is 5. The Morgan fingerprint density at radius 3 is 2.84 bits per heavy atom. The van der Waals surface area contributed by atoms with Crippen molar-refractivity contribution in [2.24, 2.45) is 4.99 Å². The van der Waals surface area contributed by atoms with Crippen molar-refractivity contribution in [3.8, 4) is 5.75 Å². The lowest BCUT2D eigenvalue weighted by Crippen LogP contribution is -2.38. The Hall–Kier alpha value is -3.22. The van der Waals surface area contributed by atoms with Crippen LogP contribution in [0.25, 0.3) is 11.8 Å². The zero-order valence-electron chi connectivity index (χ0n) is 17.4. The van der Waals surface area contributed by atoms with Gasteiger partial charge in [0.1, 0.15) is 5.75 Å². The van der Waals surface area contributed by atoms with E-state index in [1.54, 1.807) is 18.4 Å². The van der Waals surface area contributed by atoms with E-state index < -0.39 is 0 Å². The van der Waals surface area contributed by atoms with E-state index in [-0.39, 0.29) is 11.6 Å². The van der Waals surface area contributed by atoms with Crippen LogP contribution in [0.1, 0.15) is 34.0 Å². The predicted molar refractivity (Wildman–Crippen MR) is 130 cm³/mol. The summed E-state index contributed by atoms with van der Waals surface area (Å²) in [4.78, 5) is 20.5. The van der Waals surface area contributed by atoms with E-state index in [2.05, 4.69) is 30.3 Å². The molecule has 3 heterocycles. The standard InChI is InChI=1S/C26H20N2O2S2/c1-30-18-8-4-7-17(14-18)24-21-12-11-16-6-2-3-10-20(16)23(21)27-26-28(24)25(29)22(32-26)15-19-9-5-13-31-19/h2-10,13-15,24H,11-12H2,1H3/b22-15-. The van der Waals surface area contributed by atoms with Crippen LogP contribution < -0.4 is 19.6 Å². The number of allylic oxidation sites excluding steroid dienone is 1. The lowest BCUT2D eigenvalue weighted by atomic mass is 9.83. The fourth-order valence-electron chi connectivity index (χ4n) is 4.64. The minimum Gasteiger partial charge on any atom is -0.497 e. The van der Waals surface area contributed by atoms with E-state index in [9.17, 15) is 4.79 Å². The number of thiazole rings is 1. The molecule has 2 aliphatic rings. The Labute approximate surface area is 193 Å². The van der Waals surface area contributed by atoms with E-state index in [0.29, 0.717) is 4.53 Å². The summed E-state index contributed by atoms with van der Waals surface area (Å²) in [6.45, 7) is 0. The molecule has 6 rings (SSSR count). The first kappa shape index (κ1) is 19.5. The third-order valence-electron chi connectivity index (χ3n) is 6.10. The van der Waals surface area contributed by atoms with Crippen LogP contribution in [0.15, 0.2) is 81.4 Å². The summed E-state index contributed by atoms with van der Waals surface area (Å²) in [5.74, 6) is 0.790. The van der Waals surface area contributed by atoms with E-state index >= 15 is 0 Å². The number of rotatable bonds is 3. The quantitative estimate of drug-likeness (QED) is 0.459. The molecule has 2 aromatic carbocycles. The highest BCUT2D eigenvalue weighted by Gasteiger charge is 2.32. The second kappa shape index (κ2) is 7.73. The molecule has 1 unspecified atom stereocenters. The molecule has 0 radical (unpaired) electrons. The van der Waals surface area contributed by atoms with Crippen LogP contribution in [0, 0.1) is 0 Å². The molecule has 0 fully saturated rings. The van der Waals surface area contributed by atoms with Crippen molar-refractivity contribution < 1.29 is 4.74 Å². The van der Waals surface area contributed by atoms with Crippen molar-refractivity contribution in [2.45, 2.75) is 18.9 Å². The van der Waals surface area contributed by atoms with Gasteiger partial charge >= 0.3 is 0 Å². The minimum absolute atomic E-state index is 0.0142. The van der Waals surface area contributed by atoms with E-state index in [1.807, 2.05) is 46.4 Å². The molecule has 32 heavy (non-hydrogen) atoms. The Morgan fingerprint density at radius 2 is 2.00 bits per heavy atom. The molecule has 1 atom stereocenters. The SMILES string of the molecule is COc1cccc(C2C3=C(N=c4s/c(=C\c5cccs5)c(=O)n42)c2ccccc2CC3)c1. The molecular weight excluding hydrogens is 436 g/mol. The minimum atomic E-state index is -0.185. The topological polar surface area (TPSA) is 43.6 Å². The van der Waals surface area contributed by atoms with E-state index in [0.717, 1.165) is 39.5 Å². The number of ether oxygens (including phenoxy) is 1. The van der Waals surface area contributed by atoms with Crippen molar-refractivity contribution in [3.05, 3.63) is 113 Å². The zero-order chi connectivity index (χ0) is 21.7. The van der Waals surface area contributed by atoms with Gasteiger partial charge in [-0.3, -0.25) is 9.36 Å². The molecule has 4 aromatic rings. The summed E-state index contributed by atoms with van der Waals surface area (Å²) in [6, 6.07) is 20.4. The highest BCUT2D eigenvalue weighted by Crippen LogP contribution is 2.41. The number of benzene rings is 2. The maximum absolute atomic E-state index is 13.6. The van der Waals surface area contributed by atoms with Gasteiger partial charge < -0.3 is 4.74 Å². The van der Waals surface area contributed by atoms with Crippen LogP contribution >= 0.6 is 22.7 Å². The number of aryl methyl sites for hydroxylation is 1. The van der Waals surface area contributed by atoms with Crippen LogP contribution in [0.4, 0.5) is 0 Å². The van der Waals surface area contributed by atoms with Crippen molar-refractivity contribution >= 4 is 34.4 Å². The third kappa shape index (κ3) is 3.10. The maximum Gasteiger partial charge on any atom is 0.271 e. The number of fused-ring (bicyclic) bond motifs is 3. The van der Waals surface area contributed by atoms with Gasteiger partial charge in [-0.1, -0.05) is 53.8 Å². The molecule has 0 N–H and O–H groups in total. The predicted octanol–water partition coefficient (Wildman–Crippen LogP) is 4.39. The molecule has 6 heteroatoms. The first-order valence-corrected chi connectivity index (χ1v) is 12.2. The summed E-state index contributed by atoms with van der Waals surface area (Å²) in [7, 11) is 1.67. The van der Waals surface area contributed by atoms with Crippen LogP contribution in [0.3, 0.4) is 0 Å². The largest absolute Gasteiger partial charge is 0.497 e. The smallest absolute Gasteiger partial charge is 0.271 e. The Kier molecular flexibility index (Phi) is 4.70. The van der Waals surface area contributed by atoms with Crippen LogP contribution in [-0.4, -0.2) is 11.7 Å². The van der Waals surface area contributed by atoms with Crippen molar-refractivity contribution in [1.82, 2.24) is 4.57 Å². The summed E-state index contributed by atoms with van der Waals surface area (Å²) >= 11 is 3.10. The molecule has 4 nitrogen and oxygen atoms in total. The van der Waals surface area contributed by atoms with Gasteiger partial charge in [0.05, 0.1) is 23.4 Å². The number of methoxy groups -OCH3 is 1. The summed E-state index contributed by atoms with van der Waals surface area (Å²) in [6.07, 6.45) is 3.81. The second-order valence-corrected chi connectivity index (χ2v) is 9.89. The summed E-state index contributed by atoms with van der Waals surface area (Å²) < 4.78 is 8.10. The first-order chi connectivity index (χ1) is 15.7. The van der Waals surface area contributed by atoms with Gasteiger partial charge in [-0.15, -0.1) is 11.3 Å². The first-order valence-electron chi connectivity index (χ1n) is 10.5. The average Bonchev–Trinajstić information content (AvgIpc) is 3.46. The third-order valence-corrected chi connectivity index (χ3v) is 7.90. The van der Waals surface area contributed by atoms with Gasteiger partial charge in [0, 0.05) is 10.4 Å². The zero-order valence-corrected chi connectivity index (χ0v) is 19.1. The van der Waals surface area contributed by atoms with Crippen molar-refractivity contribution in [3.63, 3.8) is 0 Å². The molecule has 2 aromatic heterocycles. The van der Waals surface area contributed by atoms with Gasteiger partial charge in [0.15, 0.2) is 4.80 Å². The maximum atomic E-state index is 13.6. The fourth-order valence-corrected chi connectivity index (χ4v) is 6.36. The monoisotopic (exact) mass is 456 g/mol. The molecule has 0 bridgehead atoms. The molecule has 0 saturated heterocycles. The Morgan fingerprint density at radius 1 is 1.09 bits per heavy atom. The number of nitrogens with zero attached hydrogens (tertiary/aromatic N) is 2. The van der Waals surface area contributed by atoms with E-state index in [1.165, 1.54) is 28.0 Å². The van der Waals surface area contributed by atoms with Gasteiger partial charge in [0.25, 0.3) is 5.56 Å². The van der Waals surface area contributed by atoms with Crippen molar-refractivity contribution in [2.75, 3.05) is 7.11 Å². The normalized spacial score (nSPS) is 17.4. The highest BCUT2D eigenvalue weighted by molar-refractivity contribution is 7.11. The summed E-state index contributed by atoms with van der Waals surface area (Å²) in [5, 5.41) is 2.03. The highest BCUT2D eigenvalue weighted by atomic mass is 32.1. The van der Waals surface area contributed by atoms with Gasteiger partial charge in [-0.25, -0.2) is 4.99 Å². The van der Waals surface area contributed by atoms with Gasteiger partial charge in [-0.2, -0.15) is 0 Å². The Bertz CT molecular complexity index is 1540. The number of thiophene rings is 1. The molecular formula is C26H20N2O2S2. The van der Waals surface area contributed by atoms with E-state index in [4.69, 9.17) is 9.73 Å². The lowest BCUT2D eigenvalue weighted by Gasteiger charge is -2.31. The van der Waals surface area contributed by atoms with Crippen LogP contribution in [0.5, 0.6) is 5.75 Å². The second-order valence-electron chi connectivity index (χ2n) is 7.91. The molecule has 158 valence electrons. The van der Waals surface area contributed by atoms with Gasteiger partial charge in [-0.05, 0) is 59.2 Å². The van der Waals surface area contributed by atoms with Crippen molar-refractivity contribution in [1.29, 1.82) is 0 Å². The lowest BCUT2D eigenvalue weighted by molar-refractivity contribution is 0.413. The Balaban J connectivity index is 1.65. The van der Waals surface area contributed by atoms with Gasteiger partial charge in [0.2, 0.25) is 0 Å². The molecule has 1 aliphatic heterocycles. The van der Waals surface area contributed by atoms with Crippen LogP contribution in [-0.2, 0) is 6.42 Å². The molecule has 0 saturated carbocycles. The fraction of sp³-hybridized carbons (Fsp3) is 0.154. The number of hydrogen-bond donors (Lipinski definition) is 0. The molecule has 0 spiro atoms. The summed E-state index contributed by atoms with van der Waals surface area (Å²) in [5.41, 5.74) is 5.78. The molecule has 0 amide bonds. The molecule has 1 aliphatic carbocycles. The number of aromatic nitrogens is 1. The average molecular weight is 457 g/mol. The van der Waals surface area contributed by atoms with Crippen LogP contribution in [0.2, 0.25) is 0 Å².